The van der Waals surface area contributed by atoms with E-state index in [1.807, 2.05) is 24.3 Å². The first-order valence-corrected chi connectivity index (χ1v) is 6.68. The molecule has 0 aliphatic carbocycles. The molecule has 0 N–H and O–H groups in total. The van der Waals surface area contributed by atoms with Crippen LogP contribution in [0.5, 0.6) is 0 Å². The van der Waals surface area contributed by atoms with Crippen LogP contribution in [0.3, 0.4) is 0 Å². The third kappa shape index (κ3) is 3.84. The highest BCUT2D eigenvalue weighted by molar-refractivity contribution is 9.08. The molecule has 0 radical (unpaired) electrons. The highest BCUT2D eigenvalue weighted by atomic mass is 79.9. The summed E-state index contributed by atoms with van der Waals surface area (Å²) in [5.41, 5.74) is 1.84. The van der Waals surface area contributed by atoms with Gasteiger partial charge < -0.3 is 9.57 Å². The van der Waals surface area contributed by atoms with Crippen LogP contribution in [0.2, 0.25) is 0 Å². The average molecular weight is 314 g/mol. The van der Waals surface area contributed by atoms with Crippen molar-refractivity contribution in [2.24, 2.45) is 5.16 Å². The lowest BCUT2D eigenvalue weighted by atomic mass is 10.0. The van der Waals surface area contributed by atoms with Crippen LogP contribution in [-0.2, 0) is 19.7 Å². The fourth-order valence-corrected chi connectivity index (χ4v) is 1.91. The second kappa shape index (κ2) is 7.16. The van der Waals surface area contributed by atoms with Crippen LogP contribution in [0.15, 0.2) is 29.4 Å². The van der Waals surface area contributed by atoms with Crippen LogP contribution in [0.1, 0.15) is 25.0 Å². The predicted octanol–water partition coefficient (Wildman–Crippen LogP) is 2.88. The summed E-state index contributed by atoms with van der Waals surface area (Å²) < 4.78 is 5.15. The third-order valence-electron chi connectivity index (χ3n) is 2.14. The number of esters is 1. The molecule has 0 unspecified atom stereocenters. The fraction of sp³-hybridized carbons (Fsp3) is 0.385. The first kappa shape index (κ1) is 14.7. The lowest BCUT2D eigenvalue weighted by Crippen LogP contribution is -2.23. The van der Waals surface area contributed by atoms with Crippen LogP contribution in [0.25, 0.3) is 0 Å². The second-order valence-corrected chi connectivity index (χ2v) is 4.43. The summed E-state index contributed by atoms with van der Waals surface area (Å²) in [6.45, 7) is 3.58. The molecule has 0 bridgehead atoms. The van der Waals surface area contributed by atoms with E-state index in [9.17, 15) is 4.79 Å². The highest BCUT2D eigenvalue weighted by Crippen LogP contribution is 2.15. The van der Waals surface area contributed by atoms with E-state index in [-0.39, 0.29) is 11.8 Å². The molecule has 0 aliphatic rings. The highest BCUT2D eigenvalue weighted by Gasteiger charge is 2.20. The van der Waals surface area contributed by atoms with Gasteiger partial charge in [0.05, 0.1) is 6.10 Å². The molecular formula is C13H16BrNO3. The molecule has 4 nitrogen and oxygen atoms in total. The number of hydrogen-bond acceptors (Lipinski definition) is 4. The number of rotatable bonds is 5. The van der Waals surface area contributed by atoms with Crippen LogP contribution >= 0.6 is 15.9 Å². The normalized spacial score (nSPS) is 11.5. The Labute approximate surface area is 115 Å². The quantitative estimate of drug-likeness (QED) is 0.363. The Kier molecular flexibility index (Phi) is 5.85. The molecule has 0 aromatic heterocycles. The second-order valence-electron chi connectivity index (χ2n) is 3.87. The van der Waals surface area contributed by atoms with Gasteiger partial charge in [-0.25, -0.2) is 4.79 Å². The van der Waals surface area contributed by atoms with Gasteiger partial charge >= 0.3 is 5.97 Å². The third-order valence-corrected chi connectivity index (χ3v) is 2.74. The minimum absolute atomic E-state index is 0.182. The smallest absolute Gasteiger partial charge is 0.361 e. The number of ether oxygens (including phenoxy) is 1. The number of halogens is 1. The van der Waals surface area contributed by atoms with Gasteiger partial charge in [0.2, 0.25) is 0 Å². The monoisotopic (exact) mass is 313 g/mol. The maximum absolute atomic E-state index is 12.0. The molecule has 1 aromatic rings. The van der Waals surface area contributed by atoms with Gasteiger partial charge in [-0.1, -0.05) is 45.4 Å². The van der Waals surface area contributed by atoms with Crippen molar-refractivity contribution in [3.63, 3.8) is 0 Å². The molecule has 1 rings (SSSR count). The molecule has 0 fully saturated rings. The van der Waals surface area contributed by atoms with Crippen molar-refractivity contribution in [3.8, 4) is 0 Å². The van der Waals surface area contributed by atoms with E-state index >= 15 is 0 Å². The Hall–Kier alpha value is -1.36. The zero-order chi connectivity index (χ0) is 13.5. The summed E-state index contributed by atoms with van der Waals surface area (Å²) in [4.78, 5) is 16.7. The molecule has 5 heteroatoms. The Bertz CT molecular complexity index is 444. The molecule has 0 heterocycles. The Morgan fingerprint density at radius 1 is 1.39 bits per heavy atom. The van der Waals surface area contributed by atoms with E-state index in [2.05, 4.69) is 21.1 Å². The first-order chi connectivity index (χ1) is 8.60. The maximum Gasteiger partial charge on any atom is 0.361 e. The molecule has 1 aromatic carbocycles. The Morgan fingerprint density at radius 2 is 2.06 bits per heavy atom. The zero-order valence-electron chi connectivity index (χ0n) is 10.6. The summed E-state index contributed by atoms with van der Waals surface area (Å²) in [6.07, 6.45) is -0.198. The van der Waals surface area contributed by atoms with Crippen molar-refractivity contribution >= 4 is 27.6 Å². The number of carbonyl (C=O) groups is 1. The van der Waals surface area contributed by atoms with Gasteiger partial charge in [0.25, 0.3) is 0 Å². The van der Waals surface area contributed by atoms with E-state index < -0.39 is 5.97 Å². The van der Waals surface area contributed by atoms with Gasteiger partial charge in [0.15, 0.2) is 5.71 Å². The molecule has 0 saturated carbocycles. The molecule has 0 saturated heterocycles. The molecule has 0 spiro atoms. The van der Waals surface area contributed by atoms with Gasteiger partial charge in [-0.2, -0.15) is 0 Å². The first-order valence-electron chi connectivity index (χ1n) is 5.56. The van der Waals surface area contributed by atoms with Crippen molar-refractivity contribution in [2.75, 3.05) is 7.11 Å². The summed E-state index contributed by atoms with van der Waals surface area (Å²) in [7, 11) is 1.40. The van der Waals surface area contributed by atoms with Gasteiger partial charge in [-0.3, -0.25) is 0 Å². The number of carbonyl (C=O) groups excluding carboxylic acids is 1. The number of benzene rings is 1. The van der Waals surface area contributed by atoms with Crippen molar-refractivity contribution in [2.45, 2.75) is 25.3 Å². The molecule has 0 amide bonds. The summed E-state index contributed by atoms with van der Waals surface area (Å²) in [5, 5.41) is 4.40. The number of alkyl halides is 1. The van der Waals surface area contributed by atoms with E-state index in [0.717, 1.165) is 5.56 Å². The number of nitrogens with zero attached hydrogens (tertiary/aromatic N) is 1. The van der Waals surface area contributed by atoms with Crippen molar-refractivity contribution in [3.05, 3.63) is 35.4 Å². The number of hydrogen-bond donors (Lipinski definition) is 0. The van der Waals surface area contributed by atoms with E-state index in [1.165, 1.54) is 7.11 Å². The lowest BCUT2D eigenvalue weighted by Gasteiger charge is -2.11. The average Bonchev–Trinajstić information content (AvgIpc) is 2.35. The molecule has 0 aliphatic heterocycles. The summed E-state index contributed by atoms with van der Waals surface area (Å²) in [5.74, 6) is -0.486. The van der Waals surface area contributed by atoms with E-state index in [1.54, 1.807) is 13.8 Å². The zero-order valence-corrected chi connectivity index (χ0v) is 12.2. The van der Waals surface area contributed by atoms with E-state index in [0.29, 0.717) is 10.9 Å². The van der Waals surface area contributed by atoms with E-state index in [4.69, 9.17) is 9.57 Å². The lowest BCUT2D eigenvalue weighted by molar-refractivity contribution is -0.139. The summed E-state index contributed by atoms with van der Waals surface area (Å²) in [6, 6.07) is 7.47. The Morgan fingerprint density at radius 3 is 2.61 bits per heavy atom. The molecule has 98 valence electrons. The SMILES string of the molecule is CON=C(C(=O)OC(C)C)c1ccccc1CBr. The molecule has 18 heavy (non-hydrogen) atoms. The molecule has 0 atom stereocenters. The Balaban J connectivity index is 3.13. The summed E-state index contributed by atoms with van der Waals surface area (Å²) >= 11 is 3.38. The fourth-order valence-electron chi connectivity index (χ4n) is 1.43. The van der Waals surface area contributed by atoms with Crippen LogP contribution in [0, 0.1) is 0 Å². The topological polar surface area (TPSA) is 47.9 Å². The minimum atomic E-state index is -0.486. The van der Waals surface area contributed by atoms with Crippen molar-refractivity contribution in [1.29, 1.82) is 0 Å². The standard InChI is InChI=1S/C13H16BrNO3/c1-9(2)18-13(16)12(15-17-3)11-7-5-4-6-10(11)8-14/h4-7,9H,8H2,1-3H3. The van der Waals surface area contributed by atoms with Gasteiger partial charge in [-0.15, -0.1) is 0 Å². The van der Waals surface area contributed by atoms with Gasteiger partial charge in [0.1, 0.15) is 7.11 Å². The van der Waals surface area contributed by atoms with Gasteiger partial charge in [0, 0.05) is 10.9 Å². The van der Waals surface area contributed by atoms with Crippen LogP contribution < -0.4 is 0 Å². The predicted molar refractivity (Wildman–Crippen MR) is 73.8 cm³/mol. The number of oxime groups is 1. The van der Waals surface area contributed by atoms with Crippen molar-refractivity contribution in [1.82, 2.24) is 0 Å². The maximum atomic E-state index is 12.0. The minimum Gasteiger partial charge on any atom is -0.458 e. The molecular weight excluding hydrogens is 298 g/mol. The largest absolute Gasteiger partial charge is 0.458 e. The van der Waals surface area contributed by atoms with Crippen LogP contribution in [-0.4, -0.2) is 24.9 Å². The van der Waals surface area contributed by atoms with Gasteiger partial charge in [-0.05, 0) is 19.4 Å². The van der Waals surface area contributed by atoms with Crippen molar-refractivity contribution < 1.29 is 14.4 Å². The van der Waals surface area contributed by atoms with Crippen LogP contribution in [0.4, 0.5) is 0 Å².